The third kappa shape index (κ3) is 4.34. The Morgan fingerprint density at radius 2 is 1.74 bits per heavy atom. The van der Waals surface area contributed by atoms with Crippen LogP contribution < -0.4 is 0 Å². The summed E-state index contributed by atoms with van der Waals surface area (Å²) in [4.78, 5) is 0. The van der Waals surface area contributed by atoms with Gasteiger partial charge in [0.2, 0.25) is 0 Å². The maximum atomic E-state index is 13.1. The Bertz CT molecular complexity index is 532. The number of allylic oxidation sites excluding steroid dienone is 3. The van der Waals surface area contributed by atoms with Gasteiger partial charge in [-0.3, -0.25) is 0 Å². The van der Waals surface area contributed by atoms with Crippen molar-refractivity contribution in [1.82, 2.24) is 0 Å². The minimum Gasteiger partial charge on any atom is -0.207 e. The first kappa shape index (κ1) is 16.5. The van der Waals surface area contributed by atoms with E-state index in [1.54, 1.807) is 17.7 Å². The van der Waals surface area contributed by atoms with Gasteiger partial charge in [0.15, 0.2) is 0 Å². The number of rotatable bonds is 5. The summed E-state index contributed by atoms with van der Waals surface area (Å²) in [6.07, 6.45) is 16.1. The van der Waals surface area contributed by atoms with Crippen molar-refractivity contribution in [2.24, 2.45) is 11.8 Å². The van der Waals surface area contributed by atoms with E-state index in [2.05, 4.69) is 12.7 Å². The Labute approximate surface area is 140 Å². The number of benzene rings is 1. The summed E-state index contributed by atoms with van der Waals surface area (Å²) < 4.78 is 13.1. The molecule has 2 aliphatic carbocycles. The molecule has 1 unspecified atom stereocenters. The fourth-order valence-corrected chi connectivity index (χ4v) is 4.51. The molecule has 0 radical (unpaired) electrons. The molecule has 0 aliphatic heterocycles. The maximum Gasteiger partial charge on any atom is 0.123 e. The summed E-state index contributed by atoms with van der Waals surface area (Å²) in [6, 6.07) is 7.18. The monoisotopic (exact) mass is 312 g/mol. The van der Waals surface area contributed by atoms with E-state index in [0.717, 1.165) is 18.3 Å². The SMILES string of the molecule is C=CCCC1=CCC(C2CCC(c3ccc(F)cc3)CC2)CC1. The Morgan fingerprint density at radius 1 is 1.00 bits per heavy atom. The molecule has 3 rings (SSSR count). The highest BCUT2D eigenvalue weighted by molar-refractivity contribution is 5.21. The van der Waals surface area contributed by atoms with Crippen molar-refractivity contribution in [3.63, 3.8) is 0 Å². The molecule has 1 aromatic carbocycles. The Hall–Kier alpha value is -1.37. The van der Waals surface area contributed by atoms with Crippen LogP contribution in [0.3, 0.4) is 0 Å². The highest BCUT2D eigenvalue weighted by Crippen LogP contribution is 2.42. The van der Waals surface area contributed by atoms with Crippen LogP contribution in [-0.2, 0) is 0 Å². The summed E-state index contributed by atoms with van der Waals surface area (Å²) in [6.45, 7) is 3.82. The molecule has 1 aromatic rings. The maximum absolute atomic E-state index is 13.1. The van der Waals surface area contributed by atoms with Crippen LogP contribution in [-0.4, -0.2) is 0 Å². The third-order valence-electron chi connectivity index (χ3n) is 6.00. The van der Waals surface area contributed by atoms with Crippen LogP contribution in [0.5, 0.6) is 0 Å². The molecule has 1 heteroatoms. The van der Waals surface area contributed by atoms with Crippen LogP contribution >= 0.6 is 0 Å². The topological polar surface area (TPSA) is 0 Å². The van der Waals surface area contributed by atoms with E-state index < -0.39 is 0 Å². The second kappa shape index (κ2) is 7.95. The number of hydrogen-bond donors (Lipinski definition) is 0. The van der Waals surface area contributed by atoms with Gasteiger partial charge in [0.25, 0.3) is 0 Å². The Morgan fingerprint density at radius 3 is 2.35 bits per heavy atom. The van der Waals surface area contributed by atoms with E-state index in [4.69, 9.17) is 0 Å². The smallest absolute Gasteiger partial charge is 0.123 e. The quantitative estimate of drug-likeness (QED) is 0.525. The molecule has 1 fully saturated rings. The van der Waals surface area contributed by atoms with Crippen molar-refractivity contribution in [3.8, 4) is 0 Å². The molecule has 1 atom stereocenters. The average molecular weight is 312 g/mol. The molecule has 2 aliphatic rings. The van der Waals surface area contributed by atoms with Gasteiger partial charge in [-0.15, -0.1) is 6.58 Å². The highest BCUT2D eigenvalue weighted by Gasteiger charge is 2.29. The van der Waals surface area contributed by atoms with Crippen molar-refractivity contribution in [2.45, 2.75) is 63.7 Å². The molecule has 0 saturated heterocycles. The lowest BCUT2D eigenvalue weighted by atomic mass is 9.70. The summed E-state index contributed by atoms with van der Waals surface area (Å²) in [7, 11) is 0. The van der Waals surface area contributed by atoms with Gasteiger partial charge in [-0.1, -0.05) is 29.9 Å². The Balaban J connectivity index is 1.49. The summed E-state index contributed by atoms with van der Waals surface area (Å²) in [5.41, 5.74) is 2.99. The molecule has 0 bridgehead atoms. The van der Waals surface area contributed by atoms with Crippen molar-refractivity contribution < 1.29 is 4.39 Å². The largest absolute Gasteiger partial charge is 0.207 e. The van der Waals surface area contributed by atoms with Crippen LogP contribution in [0.2, 0.25) is 0 Å². The lowest BCUT2D eigenvalue weighted by Gasteiger charge is -2.35. The normalized spacial score (nSPS) is 28.2. The molecule has 0 nitrogen and oxygen atoms in total. The molecule has 0 aromatic heterocycles. The lowest BCUT2D eigenvalue weighted by Crippen LogP contribution is -2.22. The fraction of sp³-hybridized carbons (Fsp3) is 0.545. The van der Waals surface area contributed by atoms with Gasteiger partial charge in [0, 0.05) is 0 Å². The van der Waals surface area contributed by atoms with Crippen LogP contribution in [0.4, 0.5) is 4.39 Å². The van der Waals surface area contributed by atoms with Gasteiger partial charge in [-0.25, -0.2) is 4.39 Å². The van der Waals surface area contributed by atoms with Gasteiger partial charge >= 0.3 is 0 Å². The number of halogens is 1. The predicted octanol–water partition coefficient (Wildman–Crippen LogP) is 6.79. The minimum atomic E-state index is -0.122. The van der Waals surface area contributed by atoms with Crippen LogP contribution in [0.25, 0.3) is 0 Å². The molecule has 0 amide bonds. The molecule has 0 spiro atoms. The van der Waals surface area contributed by atoms with Crippen LogP contribution in [0.15, 0.2) is 48.6 Å². The van der Waals surface area contributed by atoms with E-state index in [9.17, 15) is 4.39 Å². The van der Waals surface area contributed by atoms with E-state index in [0.29, 0.717) is 5.92 Å². The number of hydrogen-bond acceptors (Lipinski definition) is 0. The fourth-order valence-electron chi connectivity index (χ4n) is 4.51. The van der Waals surface area contributed by atoms with E-state index in [1.807, 2.05) is 18.2 Å². The average Bonchev–Trinajstić information content (AvgIpc) is 2.61. The molecule has 1 saturated carbocycles. The summed E-state index contributed by atoms with van der Waals surface area (Å²) in [5, 5.41) is 0. The van der Waals surface area contributed by atoms with E-state index in [-0.39, 0.29) is 5.82 Å². The van der Waals surface area contributed by atoms with Gasteiger partial charge in [0.05, 0.1) is 0 Å². The zero-order valence-corrected chi connectivity index (χ0v) is 14.1. The van der Waals surface area contributed by atoms with Crippen molar-refractivity contribution in [1.29, 1.82) is 0 Å². The first-order chi connectivity index (χ1) is 11.3. The first-order valence-corrected chi connectivity index (χ1v) is 9.30. The molecule has 124 valence electrons. The summed E-state index contributed by atoms with van der Waals surface area (Å²) in [5.74, 6) is 2.33. The highest BCUT2D eigenvalue weighted by atomic mass is 19.1. The van der Waals surface area contributed by atoms with Crippen LogP contribution in [0.1, 0.15) is 69.3 Å². The summed E-state index contributed by atoms with van der Waals surface area (Å²) >= 11 is 0. The van der Waals surface area contributed by atoms with Gasteiger partial charge in [-0.2, -0.15) is 0 Å². The Kier molecular flexibility index (Phi) is 5.70. The molecule has 0 N–H and O–H groups in total. The minimum absolute atomic E-state index is 0.122. The lowest BCUT2D eigenvalue weighted by molar-refractivity contribution is 0.217. The molecule has 0 heterocycles. The standard InChI is InChI=1S/C22H29F/c1-2-3-4-17-5-7-18(8-6-17)19-9-11-20(12-10-19)21-13-15-22(23)16-14-21/h2,5,13-16,18-20H,1,3-4,6-12H2. The second-order valence-corrected chi connectivity index (χ2v) is 7.39. The van der Waals surface area contributed by atoms with Gasteiger partial charge in [0.1, 0.15) is 5.82 Å². The van der Waals surface area contributed by atoms with Crippen LogP contribution in [0, 0.1) is 17.7 Å². The molecule has 23 heavy (non-hydrogen) atoms. The predicted molar refractivity (Wildman–Crippen MR) is 96.0 cm³/mol. The third-order valence-corrected chi connectivity index (χ3v) is 6.00. The zero-order chi connectivity index (χ0) is 16.1. The second-order valence-electron chi connectivity index (χ2n) is 7.39. The van der Waals surface area contributed by atoms with Crippen molar-refractivity contribution in [3.05, 3.63) is 60.0 Å². The van der Waals surface area contributed by atoms with E-state index >= 15 is 0 Å². The van der Waals surface area contributed by atoms with Gasteiger partial charge < -0.3 is 0 Å². The van der Waals surface area contributed by atoms with Gasteiger partial charge in [-0.05, 0) is 93.2 Å². The van der Waals surface area contributed by atoms with Crippen molar-refractivity contribution >= 4 is 0 Å². The molecular weight excluding hydrogens is 283 g/mol. The first-order valence-electron chi connectivity index (χ1n) is 9.30. The van der Waals surface area contributed by atoms with Crippen molar-refractivity contribution in [2.75, 3.05) is 0 Å². The molecular formula is C22H29F. The van der Waals surface area contributed by atoms with E-state index in [1.165, 1.54) is 56.9 Å². The zero-order valence-electron chi connectivity index (χ0n) is 14.1.